The zero-order valence-electron chi connectivity index (χ0n) is 10.7. The number of benzene rings is 1. The Morgan fingerprint density at radius 1 is 1.19 bits per heavy atom. The molecule has 3 N–H and O–H groups in total. The summed E-state index contributed by atoms with van der Waals surface area (Å²) in [6.07, 6.45) is 0. The van der Waals surface area contributed by atoms with Gasteiger partial charge in [0.1, 0.15) is 32.2 Å². The molecule has 0 amide bonds. The van der Waals surface area contributed by atoms with Crippen molar-refractivity contribution in [3.63, 3.8) is 0 Å². The van der Waals surface area contributed by atoms with Crippen molar-refractivity contribution in [3.05, 3.63) is 34.9 Å². The molecule has 1 heterocycles. The topological polar surface area (TPSA) is 21.1 Å². The van der Waals surface area contributed by atoms with Crippen molar-refractivity contribution < 1.29 is 10.2 Å². The number of piperazine rings is 1. The van der Waals surface area contributed by atoms with Gasteiger partial charge in [-0.3, -0.25) is 0 Å². The fraction of sp³-hybridized carbons (Fsp3) is 0.571. The molecule has 0 bridgehead atoms. The molecule has 0 unspecified atom stereocenters. The minimum absolute atomic E-state index is 0.648. The molecule has 2 rings (SSSR count). The van der Waals surface area contributed by atoms with Crippen LogP contribution in [-0.4, -0.2) is 26.2 Å². The second-order valence-electron chi connectivity index (χ2n) is 5.11. The average Bonchev–Trinajstić information content (AvgIpc) is 2.29. The van der Waals surface area contributed by atoms with Crippen LogP contribution in [0.3, 0.4) is 0 Å². The van der Waals surface area contributed by atoms with Crippen LogP contribution in [0.1, 0.15) is 29.7 Å². The van der Waals surface area contributed by atoms with Crippen LogP contribution in [-0.2, 0) is 0 Å². The van der Waals surface area contributed by atoms with E-state index in [-0.39, 0.29) is 0 Å². The van der Waals surface area contributed by atoms with E-state index in [0.717, 1.165) is 0 Å². The highest BCUT2D eigenvalue weighted by molar-refractivity contribution is 5.31. The Kier molecular flexibility index (Phi) is 3.62. The van der Waals surface area contributed by atoms with Gasteiger partial charge in [-0.1, -0.05) is 23.8 Å². The highest BCUT2D eigenvalue weighted by Crippen LogP contribution is 2.16. The number of quaternary nitrogens is 2. The van der Waals surface area contributed by atoms with Gasteiger partial charge in [-0.15, -0.1) is 0 Å². The number of hydrogen-bond acceptors (Lipinski definition) is 0. The van der Waals surface area contributed by atoms with Gasteiger partial charge < -0.3 is 10.2 Å². The summed E-state index contributed by atoms with van der Waals surface area (Å²) in [6, 6.07) is 7.52. The van der Waals surface area contributed by atoms with Gasteiger partial charge >= 0.3 is 0 Å². The van der Waals surface area contributed by atoms with Crippen LogP contribution >= 0.6 is 0 Å². The predicted molar refractivity (Wildman–Crippen MR) is 66.7 cm³/mol. The first kappa shape index (κ1) is 11.6. The van der Waals surface area contributed by atoms with Crippen molar-refractivity contribution in [2.24, 2.45) is 0 Å². The SMILES string of the molecule is Cc1ccc([C@@H](C)[NH+]2CC[NH2+]CC2)c(C)c1. The largest absolute Gasteiger partial charge is 0.337 e. The number of rotatable bonds is 2. The summed E-state index contributed by atoms with van der Waals surface area (Å²) in [7, 11) is 0. The molecule has 0 saturated carbocycles. The Morgan fingerprint density at radius 3 is 2.50 bits per heavy atom. The lowest BCUT2D eigenvalue weighted by Gasteiger charge is -2.29. The van der Waals surface area contributed by atoms with Gasteiger partial charge in [0.25, 0.3) is 0 Å². The summed E-state index contributed by atoms with van der Waals surface area (Å²) in [5.41, 5.74) is 4.35. The lowest BCUT2D eigenvalue weighted by atomic mass is 9.99. The van der Waals surface area contributed by atoms with Crippen molar-refractivity contribution in [1.29, 1.82) is 0 Å². The van der Waals surface area contributed by atoms with E-state index in [4.69, 9.17) is 0 Å². The molecule has 2 nitrogen and oxygen atoms in total. The molecule has 1 aliphatic rings. The van der Waals surface area contributed by atoms with Gasteiger partial charge in [-0.25, -0.2) is 0 Å². The van der Waals surface area contributed by atoms with Crippen LogP contribution in [0, 0.1) is 13.8 Å². The standard InChI is InChI=1S/C14H22N2/c1-11-4-5-14(12(2)10-11)13(3)16-8-6-15-7-9-16/h4-5,10,13,15H,6-9H2,1-3H3/p+2/t13-/m1/s1. The summed E-state index contributed by atoms with van der Waals surface area (Å²) in [4.78, 5) is 1.74. The van der Waals surface area contributed by atoms with E-state index in [0.29, 0.717) is 6.04 Å². The Hall–Kier alpha value is -0.860. The molecular formula is C14H24N2+2. The van der Waals surface area contributed by atoms with Crippen molar-refractivity contribution in [2.75, 3.05) is 26.2 Å². The third-order valence-electron chi connectivity index (χ3n) is 3.84. The maximum Gasteiger partial charge on any atom is 0.127 e. The molecule has 1 aromatic carbocycles. The highest BCUT2D eigenvalue weighted by Gasteiger charge is 2.24. The summed E-state index contributed by atoms with van der Waals surface area (Å²) in [5.74, 6) is 0. The Morgan fingerprint density at radius 2 is 1.88 bits per heavy atom. The lowest BCUT2D eigenvalue weighted by molar-refractivity contribution is -0.970. The zero-order valence-corrected chi connectivity index (χ0v) is 10.7. The van der Waals surface area contributed by atoms with Crippen LogP contribution in [0.15, 0.2) is 18.2 Å². The molecule has 1 saturated heterocycles. The second kappa shape index (κ2) is 4.98. The molecule has 1 aromatic rings. The molecule has 0 aliphatic carbocycles. The van der Waals surface area contributed by atoms with Gasteiger partial charge in [0.2, 0.25) is 0 Å². The van der Waals surface area contributed by atoms with E-state index in [9.17, 15) is 0 Å². The third kappa shape index (κ3) is 2.45. The monoisotopic (exact) mass is 220 g/mol. The molecule has 16 heavy (non-hydrogen) atoms. The number of nitrogens with one attached hydrogen (secondary N) is 1. The lowest BCUT2D eigenvalue weighted by Crippen LogP contribution is -3.20. The Bertz CT molecular complexity index is 354. The Balaban J connectivity index is 2.15. The number of hydrogen-bond donors (Lipinski definition) is 2. The fourth-order valence-corrected chi connectivity index (χ4v) is 2.81. The van der Waals surface area contributed by atoms with Gasteiger partial charge in [0.05, 0.1) is 0 Å². The summed E-state index contributed by atoms with van der Waals surface area (Å²) in [6.45, 7) is 12.0. The molecule has 0 spiro atoms. The predicted octanol–water partition coefficient (Wildman–Crippen LogP) is -0.174. The van der Waals surface area contributed by atoms with Crippen LogP contribution in [0.25, 0.3) is 0 Å². The van der Waals surface area contributed by atoms with Crippen molar-refractivity contribution in [3.8, 4) is 0 Å². The van der Waals surface area contributed by atoms with Gasteiger partial charge in [-0.05, 0) is 26.3 Å². The van der Waals surface area contributed by atoms with Crippen molar-refractivity contribution in [2.45, 2.75) is 26.8 Å². The fourth-order valence-electron chi connectivity index (χ4n) is 2.81. The Labute approximate surface area is 98.7 Å². The van der Waals surface area contributed by atoms with Gasteiger partial charge in [0, 0.05) is 5.56 Å². The quantitative estimate of drug-likeness (QED) is 0.690. The molecule has 2 heteroatoms. The van der Waals surface area contributed by atoms with Crippen LogP contribution in [0.2, 0.25) is 0 Å². The minimum Gasteiger partial charge on any atom is -0.337 e. The van der Waals surface area contributed by atoms with Crippen LogP contribution in [0.5, 0.6) is 0 Å². The molecule has 0 aromatic heterocycles. The van der Waals surface area contributed by atoms with Crippen LogP contribution < -0.4 is 10.2 Å². The number of aryl methyl sites for hydroxylation is 2. The zero-order chi connectivity index (χ0) is 11.5. The van der Waals surface area contributed by atoms with E-state index >= 15 is 0 Å². The molecular weight excluding hydrogens is 196 g/mol. The highest BCUT2D eigenvalue weighted by atomic mass is 15.2. The van der Waals surface area contributed by atoms with Crippen molar-refractivity contribution >= 4 is 0 Å². The van der Waals surface area contributed by atoms with E-state index in [1.807, 2.05) is 0 Å². The average molecular weight is 220 g/mol. The summed E-state index contributed by atoms with van der Waals surface area (Å²) in [5, 5.41) is 2.43. The van der Waals surface area contributed by atoms with Gasteiger partial charge in [0.15, 0.2) is 0 Å². The third-order valence-corrected chi connectivity index (χ3v) is 3.84. The number of nitrogens with two attached hydrogens (primary N) is 1. The molecule has 0 radical (unpaired) electrons. The normalized spacial score (nSPS) is 19.7. The maximum absolute atomic E-state index is 2.43. The first-order chi connectivity index (χ1) is 7.68. The molecule has 1 fully saturated rings. The maximum atomic E-state index is 2.43. The van der Waals surface area contributed by atoms with E-state index < -0.39 is 0 Å². The van der Waals surface area contributed by atoms with Crippen molar-refractivity contribution in [1.82, 2.24) is 0 Å². The van der Waals surface area contributed by atoms with Crippen LogP contribution in [0.4, 0.5) is 0 Å². The van der Waals surface area contributed by atoms with E-state index in [1.54, 1.807) is 4.90 Å². The second-order valence-corrected chi connectivity index (χ2v) is 5.11. The first-order valence-electron chi connectivity index (χ1n) is 6.42. The summed E-state index contributed by atoms with van der Waals surface area (Å²) >= 11 is 0. The molecule has 1 atom stereocenters. The first-order valence-corrected chi connectivity index (χ1v) is 6.42. The van der Waals surface area contributed by atoms with Gasteiger partial charge in [-0.2, -0.15) is 0 Å². The molecule has 88 valence electrons. The molecule has 1 aliphatic heterocycles. The van der Waals surface area contributed by atoms with E-state index in [1.165, 1.54) is 42.9 Å². The smallest absolute Gasteiger partial charge is 0.127 e. The van der Waals surface area contributed by atoms with E-state index in [2.05, 4.69) is 44.3 Å². The summed E-state index contributed by atoms with van der Waals surface area (Å²) < 4.78 is 0. The minimum atomic E-state index is 0.648.